The lowest BCUT2D eigenvalue weighted by Crippen LogP contribution is -2.61. The van der Waals surface area contributed by atoms with Gasteiger partial charge in [-0.1, -0.05) is 49.6 Å². The van der Waals surface area contributed by atoms with E-state index in [-0.39, 0.29) is 17.6 Å². The molecule has 23 heavy (non-hydrogen) atoms. The van der Waals surface area contributed by atoms with Crippen LogP contribution in [0, 0.1) is 0 Å². The second-order valence-electron chi connectivity index (χ2n) is 7.36. The third-order valence-corrected chi connectivity index (χ3v) is 5.68. The van der Waals surface area contributed by atoms with E-state index in [2.05, 4.69) is 34.9 Å². The topological polar surface area (TPSA) is 50.4 Å². The van der Waals surface area contributed by atoms with Crippen LogP contribution in [0.2, 0.25) is 0 Å². The van der Waals surface area contributed by atoms with Crippen molar-refractivity contribution in [2.24, 2.45) is 0 Å². The molecule has 2 spiro atoms. The highest BCUT2D eigenvalue weighted by Crippen LogP contribution is 2.48. The quantitative estimate of drug-likeness (QED) is 0.895. The zero-order chi connectivity index (χ0) is 15.8. The number of amides is 1. The molecule has 2 saturated carbocycles. The first kappa shape index (κ1) is 15.2. The summed E-state index contributed by atoms with van der Waals surface area (Å²) < 4.78 is 6.47. The van der Waals surface area contributed by atoms with Gasteiger partial charge in [-0.3, -0.25) is 4.79 Å². The molecule has 2 unspecified atom stereocenters. The van der Waals surface area contributed by atoms with Crippen molar-refractivity contribution in [1.82, 2.24) is 10.6 Å². The molecule has 1 aromatic carbocycles. The van der Waals surface area contributed by atoms with Crippen LogP contribution in [0.1, 0.15) is 44.1 Å². The second-order valence-corrected chi connectivity index (χ2v) is 7.36. The summed E-state index contributed by atoms with van der Waals surface area (Å²) in [6, 6.07) is 10.6. The summed E-state index contributed by atoms with van der Waals surface area (Å²) in [5.74, 6) is 0.0888. The molecule has 1 amide bonds. The molecule has 4 nitrogen and oxygen atoms in total. The maximum Gasteiger partial charge on any atom is 0.254 e. The van der Waals surface area contributed by atoms with Crippen LogP contribution < -0.4 is 10.6 Å². The summed E-state index contributed by atoms with van der Waals surface area (Å²) in [6.45, 7) is 1.59. The highest BCUT2D eigenvalue weighted by atomic mass is 16.5. The van der Waals surface area contributed by atoms with Crippen molar-refractivity contribution >= 4 is 5.91 Å². The van der Waals surface area contributed by atoms with E-state index in [1.807, 2.05) is 6.07 Å². The van der Waals surface area contributed by atoms with E-state index < -0.39 is 5.60 Å². The minimum atomic E-state index is -0.591. The predicted molar refractivity (Wildman–Crippen MR) is 89.2 cm³/mol. The molecule has 0 radical (unpaired) electrons. The zero-order valence-electron chi connectivity index (χ0n) is 13.6. The monoisotopic (exact) mass is 314 g/mol. The molecule has 1 saturated heterocycles. The Morgan fingerprint density at radius 1 is 1.17 bits per heavy atom. The Hall–Kier alpha value is -1.39. The molecule has 1 aromatic rings. The second kappa shape index (κ2) is 5.91. The van der Waals surface area contributed by atoms with Crippen molar-refractivity contribution in [3.05, 3.63) is 35.9 Å². The van der Waals surface area contributed by atoms with Crippen LogP contribution in [-0.2, 0) is 16.0 Å². The van der Waals surface area contributed by atoms with Crippen molar-refractivity contribution in [2.45, 2.75) is 62.2 Å². The zero-order valence-corrected chi connectivity index (χ0v) is 13.6. The van der Waals surface area contributed by atoms with Crippen molar-refractivity contribution in [2.75, 3.05) is 13.1 Å². The number of hydrogen-bond acceptors (Lipinski definition) is 3. The molecule has 0 aromatic heterocycles. The number of rotatable bonds is 4. The molecule has 1 aliphatic heterocycles. The minimum Gasteiger partial charge on any atom is -0.355 e. The number of ether oxygens (including phenoxy) is 1. The molecule has 1 heterocycles. The van der Waals surface area contributed by atoms with Crippen LogP contribution in [0.3, 0.4) is 0 Å². The minimum absolute atomic E-state index is 0.0888. The van der Waals surface area contributed by atoms with Crippen LogP contribution in [-0.4, -0.2) is 36.2 Å². The normalized spacial score (nSPS) is 32.0. The van der Waals surface area contributed by atoms with Gasteiger partial charge in [-0.25, -0.2) is 0 Å². The number of carbonyl (C=O) groups excluding carboxylic acids is 1. The lowest BCUT2D eigenvalue weighted by Gasteiger charge is -2.44. The largest absolute Gasteiger partial charge is 0.355 e. The van der Waals surface area contributed by atoms with E-state index in [9.17, 15) is 4.79 Å². The summed E-state index contributed by atoms with van der Waals surface area (Å²) in [5, 5.41) is 6.66. The van der Waals surface area contributed by atoms with Gasteiger partial charge in [-0.2, -0.15) is 0 Å². The third kappa shape index (κ3) is 2.90. The summed E-state index contributed by atoms with van der Waals surface area (Å²) in [7, 11) is 0. The van der Waals surface area contributed by atoms with Crippen LogP contribution in [0.15, 0.2) is 30.3 Å². The fourth-order valence-electron chi connectivity index (χ4n) is 4.22. The number of benzene rings is 1. The van der Waals surface area contributed by atoms with Crippen molar-refractivity contribution in [3.8, 4) is 0 Å². The van der Waals surface area contributed by atoms with Crippen LogP contribution in [0.4, 0.5) is 0 Å². The molecule has 4 rings (SSSR count). The van der Waals surface area contributed by atoms with Gasteiger partial charge < -0.3 is 15.4 Å². The number of morpholine rings is 1. The summed E-state index contributed by atoms with van der Waals surface area (Å²) in [5.41, 5.74) is 0.640. The maximum absolute atomic E-state index is 12.4. The predicted octanol–water partition coefficient (Wildman–Crippen LogP) is 2.18. The van der Waals surface area contributed by atoms with Gasteiger partial charge in [0.05, 0.1) is 5.60 Å². The average Bonchev–Trinajstić information content (AvgIpc) is 3.26. The van der Waals surface area contributed by atoms with Gasteiger partial charge in [0.1, 0.15) is 0 Å². The van der Waals surface area contributed by atoms with Gasteiger partial charge in [0.15, 0.2) is 5.60 Å². The maximum atomic E-state index is 12.4. The number of hydrogen-bond donors (Lipinski definition) is 2. The standard InChI is InChI=1S/C19H26N2O2/c22-17-19(23-18(14-21-17)10-5-2-6-11-18)13-16(19)20-12-9-15-7-3-1-4-8-15/h1,3-4,7-8,16,20H,2,5-6,9-14H2,(H,21,22). The first-order chi connectivity index (χ1) is 11.2. The Kier molecular flexibility index (Phi) is 3.90. The van der Waals surface area contributed by atoms with E-state index in [0.29, 0.717) is 6.54 Å². The molecule has 2 N–H and O–H groups in total. The molecule has 124 valence electrons. The smallest absolute Gasteiger partial charge is 0.254 e. The van der Waals surface area contributed by atoms with Crippen LogP contribution in [0.5, 0.6) is 0 Å². The Bertz CT molecular complexity index is 568. The summed E-state index contributed by atoms with van der Waals surface area (Å²) in [4.78, 5) is 12.4. The molecular weight excluding hydrogens is 288 g/mol. The van der Waals surface area contributed by atoms with E-state index in [1.54, 1.807) is 0 Å². The van der Waals surface area contributed by atoms with Crippen LogP contribution >= 0.6 is 0 Å². The highest BCUT2D eigenvalue weighted by molar-refractivity contribution is 5.90. The van der Waals surface area contributed by atoms with Crippen molar-refractivity contribution in [1.29, 1.82) is 0 Å². The SMILES string of the molecule is O=C1NCC2(CCCCC2)OC12CC2NCCc1ccccc1. The fourth-order valence-corrected chi connectivity index (χ4v) is 4.22. The van der Waals surface area contributed by atoms with Crippen molar-refractivity contribution < 1.29 is 9.53 Å². The van der Waals surface area contributed by atoms with Gasteiger partial charge in [0.2, 0.25) is 0 Å². The van der Waals surface area contributed by atoms with Gasteiger partial charge in [-0.05, 0) is 31.4 Å². The summed E-state index contributed by atoms with van der Waals surface area (Å²) in [6.07, 6.45) is 7.72. The molecule has 2 aliphatic carbocycles. The first-order valence-corrected chi connectivity index (χ1v) is 8.98. The average molecular weight is 314 g/mol. The lowest BCUT2D eigenvalue weighted by molar-refractivity contribution is -0.176. The van der Waals surface area contributed by atoms with E-state index in [1.165, 1.54) is 24.8 Å². The molecule has 3 aliphatic rings. The molecule has 0 bridgehead atoms. The van der Waals surface area contributed by atoms with E-state index >= 15 is 0 Å². The van der Waals surface area contributed by atoms with Gasteiger partial charge in [0, 0.05) is 19.0 Å². The fraction of sp³-hybridized carbons (Fsp3) is 0.632. The van der Waals surface area contributed by atoms with Crippen molar-refractivity contribution in [3.63, 3.8) is 0 Å². The van der Waals surface area contributed by atoms with Gasteiger partial charge >= 0.3 is 0 Å². The number of nitrogens with one attached hydrogen (secondary N) is 2. The highest BCUT2D eigenvalue weighted by Gasteiger charge is 2.66. The Balaban J connectivity index is 1.34. The first-order valence-electron chi connectivity index (χ1n) is 8.98. The molecular formula is C19H26N2O2. The van der Waals surface area contributed by atoms with Gasteiger partial charge in [-0.15, -0.1) is 0 Å². The molecule has 4 heteroatoms. The third-order valence-electron chi connectivity index (χ3n) is 5.68. The Morgan fingerprint density at radius 2 is 1.96 bits per heavy atom. The van der Waals surface area contributed by atoms with E-state index in [4.69, 9.17) is 4.74 Å². The van der Waals surface area contributed by atoms with Crippen LogP contribution in [0.25, 0.3) is 0 Å². The Morgan fingerprint density at radius 3 is 2.74 bits per heavy atom. The lowest BCUT2D eigenvalue weighted by atomic mass is 9.83. The molecule has 3 fully saturated rings. The number of carbonyl (C=O) groups is 1. The molecule has 2 atom stereocenters. The van der Waals surface area contributed by atoms with Gasteiger partial charge in [0.25, 0.3) is 5.91 Å². The van der Waals surface area contributed by atoms with E-state index in [0.717, 1.165) is 32.2 Å². The summed E-state index contributed by atoms with van der Waals surface area (Å²) >= 11 is 0. The Labute approximate surface area is 138 Å².